The smallest absolute Gasteiger partial charge is 0.0651 e. The molecule has 0 saturated carbocycles. The normalized spacial score (nSPS) is 30.8. The highest BCUT2D eigenvalue weighted by atomic mass is 16.5. The molecule has 0 aromatic heterocycles. The summed E-state index contributed by atoms with van der Waals surface area (Å²) in [4.78, 5) is 2.34. The Morgan fingerprint density at radius 2 is 1.93 bits per heavy atom. The van der Waals surface area contributed by atoms with Gasteiger partial charge in [-0.2, -0.15) is 0 Å². The van der Waals surface area contributed by atoms with Crippen LogP contribution in [0, 0.1) is 5.92 Å². The summed E-state index contributed by atoms with van der Waals surface area (Å²) in [6.07, 6.45) is 0.535. The van der Waals surface area contributed by atoms with Crippen molar-refractivity contribution in [2.24, 2.45) is 5.92 Å². The van der Waals surface area contributed by atoms with Crippen LogP contribution >= 0.6 is 0 Å². The molecule has 1 N–H and O–H groups in total. The Morgan fingerprint density at radius 3 is 2.40 bits per heavy atom. The molecular weight excluding hydrogens is 190 g/mol. The van der Waals surface area contributed by atoms with Gasteiger partial charge in [0, 0.05) is 18.9 Å². The third-order valence-corrected chi connectivity index (χ3v) is 3.32. The average Bonchev–Trinajstić information content (AvgIpc) is 2.16. The molecule has 3 nitrogen and oxygen atoms in total. The highest BCUT2D eigenvalue weighted by Gasteiger charge is 2.34. The van der Waals surface area contributed by atoms with E-state index in [0.29, 0.717) is 6.61 Å². The Kier molecular flexibility index (Phi) is 4.56. The summed E-state index contributed by atoms with van der Waals surface area (Å²) >= 11 is 0. The van der Waals surface area contributed by atoms with Crippen molar-refractivity contribution in [1.29, 1.82) is 0 Å². The van der Waals surface area contributed by atoms with E-state index in [2.05, 4.69) is 18.7 Å². The van der Waals surface area contributed by atoms with E-state index >= 15 is 0 Å². The second kappa shape index (κ2) is 5.28. The number of aliphatic hydroxyl groups excluding tert-OH is 1. The quantitative estimate of drug-likeness (QED) is 0.771. The zero-order chi connectivity index (χ0) is 11.5. The zero-order valence-electron chi connectivity index (χ0n) is 10.5. The fourth-order valence-corrected chi connectivity index (χ4v) is 2.16. The van der Waals surface area contributed by atoms with Gasteiger partial charge in [0.1, 0.15) is 0 Å². The molecule has 0 aromatic carbocycles. The van der Waals surface area contributed by atoms with Gasteiger partial charge in [-0.25, -0.2) is 0 Å². The Bertz CT molecular complexity index is 190. The minimum atomic E-state index is -0.214. The summed E-state index contributed by atoms with van der Waals surface area (Å²) in [7, 11) is 0. The SMILES string of the molecule is CCN(CC)C[C@@H]1COC(C)(C)C[C@H]1O. The Balaban J connectivity index is 2.44. The topological polar surface area (TPSA) is 32.7 Å². The first kappa shape index (κ1) is 12.9. The number of nitrogens with zero attached hydrogens (tertiary/aromatic N) is 1. The first-order valence-electron chi connectivity index (χ1n) is 6.03. The van der Waals surface area contributed by atoms with Gasteiger partial charge in [0.15, 0.2) is 0 Å². The molecule has 1 heterocycles. The van der Waals surface area contributed by atoms with Gasteiger partial charge in [-0.3, -0.25) is 0 Å². The minimum absolute atomic E-state index is 0.154. The summed E-state index contributed by atoms with van der Waals surface area (Å²) < 4.78 is 5.75. The van der Waals surface area contributed by atoms with Crippen LogP contribution < -0.4 is 0 Å². The molecule has 1 aliphatic heterocycles. The molecule has 1 rings (SSSR count). The Hall–Kier alpha value is -0.120. The van der Waals surface area contributed by atoms with Crippen molar-refractivity contribution in [3.8, 4) is 0 Å². The van der Waals surface area contributed by atoms with E-state index in [1.807, 2.05) is 13.8 Å². The van der Waals surface area contributed by atoms with Gasteiger partial charge in [0.25, 0.3) is 0 Å². The van der Waals surface area contributed by atoms with E-state index in [0.717, 1.165) is 26.1 Å². The molecule has 0 radical (unpaired) electrons. The van der Waals surface area contributed by atoms with E-state index in [1.54, 1.807) is 0 Å². The van der Waals surface area contributed by atoms with Crippen molar-refractivity contribution >= 4 is 0 Å². The Morgan fingerprint density at radius 1 is 1.33 bits per heavy atom. The largest absolute Gasteiger partial charge is 0.393 e. The molecule has 0 bridgehead atoms. The molecule has 1 aliphatic rings. The standard InChI is InChI=1S/C12H25NO2/c1-5-13(6-2)8-10-9-15-12(3,4)7-11(10)14/h10-11,14H,5-9H2,1-4H3/t10-,11-/m1/s1. The minimum Gasteiger partial charge on any atom is -0.393 e. The number of rotatable bonds is 4. The van der Waals surface area contributed by atoms with Gasteiger partial charge < -0.3 is 14.7 Å². The van der Waals surface area contributed by atoms with Crippen LogP contribution in [0.3, 0.4) is 0 Å². The predicted molar refractivity (Wildman–Crippen MR) is 61.9 cm³/mol. The van der Waals surface area contributed by atoms with Crippen molar-refractivity contribution in [3.05, 3.63) is 0 Å². The first-order chi connectivity index (χ1) is 6.98. The fraction of sp³-hybridized carbons (Fsp3) is 1.00. The third kappa shape index (κ3) is 3.74. The van der Waals surface area contributed by atoms with Crippen LogP contribution in [0.15, 0.2) is 0 Å². The fourth-order valence-electron chi connectivity index (χ4n) is 2.16. The molecule has 0 unspecified atom stereocenters. The van der Waals surface area contributed by atoms with Crippen LogP contribution in [0.4, 0.5) is 0 Å². The lowest BCUT2D eigenvalue weighted by Gasteiger charge is -2.40. The van der Waals surface area contributed by atoms with Crippen molar-refractivity contribution in [1.82, 2.24) is 4.90 Å². The molecule has 3 heteroatoms. The maximum absolute atomic E-state index is 10.0. The molecule has 2 atom stereocenters. The summed E-state index contributed by atoms with van der Waals surface area (Å²) in [5.41, 5.74) is -0.154. The average molecular weight is 215 g/mol. The summed E-state index contributed by atoms with van der Waals surface area (Å²) in [5.74, 6) is 0.276. The summed E-state index contributed by atoms with van der Waals surface area (Å²) in [5, 5.41) is 10.0. The molecule has 1 fully saturated rings. The number of hydrogen-bond donors (Lipinski definition) is 1. The summed E-state index contributed by atoms with van der Waals surface area (Å²) in [6.45, 7) is 12.1. The van der Waals surface area contributed by atoms with Gasteiger partial charge in [0.2, 0.25) is 0 Å². The summed E-state index contributed by atoms with van der Waals surface area (Å²) in [6, 6.07) is 0. The lowest BCUT2D eigenvalue weighted by Crippen LogP contribution is -2.47. The van der Waals surface area contributed by atoms with E-state index in [4.69, 9.17) is 4.74 Å². The highest BCUT2D eigenvalue weighted by Crippen LogP contribution is 2.28. The van der Waals surface area contributed by atoms with Crippen molar-refractivity contribution in [2.75, 3.05) is 26.2 Å². The van der Waals surface area contributed by atoms with Gasteiger partial charge in [-0.05, 0) is 26.9 Å². The van der Waals surface area contributed by atoms with Gasteiger partial charge >= 0.3 is 0 Å². The molecule has 15 heavy (non-hydrogen) atoms. The number of ether oxygens (including phenoxy) is 1. The lowest BCUT2D eigenvalue weighted by molar-refractivity contribution is -0.133. The van der Waals surface area contributed by atoms with E-state index in [-0.39, 0.29) is 17.6 Å². The van der Waals surface area contributed by atoms with Crippen LogP contribution in [0.25, 0.3) is 0 Å². The maximum atomic E-state index is 10.0. The van der Waals surface area contributed by atoms with Crippen LogP contribution in [0.5, 0.6) is 0 Å². The van der Waals surface area contributed by atoms with Crippen molar-refractivity contribution < 1.29 is 9.84 Å². The Labute approximate surface area is 93.4 Å². The van der Waals surface area contributed by atoms with Crippen LogP contribution in [0.2, 0.25) is 0 Å². The second-order valence-electron chi connectivity index (χ2n) is 5.09. The van der Waals surface area contributed by atoms with E-state index < -0.39 is 0 Å². The lowest BCUT2D eigenvalue weighted by atomic mass is 9.88. The van der Waals surface area contributed by atoms with E-state index in [9.17, 15) is 5.11 Å². The van der Waals surface area contributed by atoms with Gasteiger partial charge in [-0.15, -0.1) is 0 Å². The molecule has 1 saturated heterocycles. The molecule has 90 valence electrons. The first-order valence-corrected chi connectivity index (χ1v) is 6.03. The maximum Gasteiger partial charge on any atom is 0.0651 e. The molecule has 0 aliphatic carbocycles. The van der Waals surface area contributed by atoms with Crippen LogP contribution in [0.1, 0.15) is 34.1 Å². The second-order valence-corrected chi connectivity index (χ2v) is 5.09. The molecule has 0 amide bonds. The molecule has 0 spiro atoms. The molecular formula is C12H25NO2. The number of aliphatic hydroxyl groups is 1. The zero-order valence-corrected chi connectivity index (χ0v) is 10.5. The number of hydrogen-bond acceptors (Lipinski definition) is 3. The highest BCUT2D eigenvalue weighted by molar-refractivity contribution is 4.85. The molecule has 0 aromatic rings. The van der Waals surface area contributed by atoms with Crippen molar-refractivity contribution in [2.45, 2.75) is 45.8 Å². The third-order valence-electron chi connectivity index (χ3n) is 3.32. The van der Waals surface area contributed by atoms with Gasteiger partial charge in [0.05, 0.1) is 18.3 Å². The van der Waals surface area contributed by atoms with E-state index in [1.165, 1.54) is 0 Å². The van der Waals surface area contributed by atoms with Crippen molar-refractivity contribution in [3.63, 3.8) is 0 Å². The van der Waals surface area contributed by atoms with Gasteiger partial charge in [-0.1, -0.05) is 13.8 Å². The monoisotopic (exact) mass is 215 g/mol. The van der Waals surface area contributed by atoms with Crippen LogP contribution in [-0.4, -0.2) is 48.0 Å². The van der Waals surface area contributed by atoms with Crippen LogP contribution in [-0.2, 0) is 4.74 Å². The predicted octanol–water partition coefficient (Wildman–Crippen LogP) is 1.50.